The van der Waals surface area contributed by atoms with Gasteiger partial charge in [-0.2, -0.15) is 9.64 Å². The molecule has 1 saturated heterocycles. The van der Waals surface area contributed by atoms with Crippen molar-refractivity contribution in [3.8, 4) is 6.07 Å². The molecule has 0 bridgehead atoms. The van der Waals surface area contributed by atoms with Crippen LogP contribution in [0.5, 0.6) is 0 Å². The molecular weight excluding hydrogens is 432 g/mol. The maximum atomic E-state index is 12.7. The molecular formula is C22H21ClN6OS. The highest BCUT2D eigenvalue weighted by atomic mass is 35.5. The average Bonchev–Trinajstić information content (AvgIpc) is 3.10. The second kappa shape index (κ2) is 9.77. The molecule has 4 rings (SSSR count). The lowest BCUT2D eigenvalue weighted by molar-refractivity contribution is 0.215. The zero-order valence-corrected chi connectivity index (χ0v) is 18.4. The lowest BCUT2D eigenvalue weighted by Gasteiger charge is -2.22. The number of anilines is 2. The van der Waals surface area contributed by atoms with Crippen LogP contribution >= 0.6 is 23.1 Å². The first-order chi connectivity index (χ1) is 15.1. The zero-order valence-electron chi connectivity index (χ0n) is 16.8. The van der Waals surface area contributed by atoms with Gasteiger partial charge in [0, 0.05) is 54.8 Å². The first-order valence-electron chi connectivity index (χ1n) is 9.99. The Hall–Kier alpha value is -3.15. The van der Waals surface area contributed by atoms with Gasteiger partial charge >= 0.3 is 6.03 Å². The summed E-state index contributed by atoms with van der Waals surface area (Å²) in [5.74, 6) is 0.790. The highest BCUT2D eigenvalue weighted by Gasteiger charge is 2.21. The second-order valence-electron chi connectivity index (χ2n) is 7.25. The number of hydrogen-bond acceptors (Lipinski definition) is 6. The molecule has 0 spiro atoms. The molecule has 2 aromatic carbocycles. The number of halogens is 1. The van der Waals surface area contributed by atoms with Crippen molar-refractivity contribution < 1.29 is 4.79 Å². The fraction of sp³-hybridized carbons (Fsp3) is 0.273. The van der Waals surface area contributed by atoms with Gasteiger partial charge in [0.05, 0.1) is 11.6 Å². The van der Waals surface area contributed by atoms with Crippen molar-refractivity contribution in [2.45, 2.75) is 12.8 Å². The van der Waals surface area contributed by atoms with Crippen LogP contribution in [0.2, 0.25) is 5.02 Å². The van der Waals surface area contributed by atoms with Gasteiger partial charge in [0.15, 0.2) is 0 Å². The molecule has 2 amide bonds. The van der Waals surface area contributed by atoms with Crippen LogP contribution in [0.4, 0.5) is 15.6 Å². The van der Waals surface area contributed by atoms with Crippen molar-refractivity contribution >= 4 is 40.0 Å². The van der Waals surface area contributed by atoms with Crippen LogP contribution in [0.15, 0.2) is 48.5 Å². The number of carbonyl (C=O) groups excluding carboxylic acids is 1. The number of hydrogen-bond donors (Lipinski definition) is 1. The van der Waals surface area contributed by atoms with Crippen LogP contribution < -0.4 is 10.2 Å². The minimum atomic E-state index is -0.155. The van der Waals surface area contributed by atoms with Crippen molar-refractivity contribution in [3.63, 3.8) is 0 Å². The van der Waals surface area contributed by atoms with Gasteiger partial charge in [0.1, 0.15) is 5.82 Å². The zero-order chi connectivity index (χ0) is 21.6. The standard InChI is InChI=1S/C22H21ClN6OS/c23-18-7-5-16(6-8-18)14-20-26-22(31-27-20)29-10-2-9-28(11-12-29)21(30)25-19-4-1-3-17(13-19)15-24/h1,3-8,13H,2,9-12,14H2,(H,25,30). The summed E-state index contributed by atoms with van der Waals surface area (Å²) >= 11 is 7.34. The highest BCUT2D eigenvalue weighted by molar-refractivity contribution is 7.09. The van der Waals surface area contributed by atoms with E-state index in [2.05, 4.69) is 20.7 Å². The van der Waals surface area contributed by atoms with Gasteiger partial charge in [-0.05, 0) is 42.3 Å². The third kappa shape index (κ3) is 5.51. The van der Waals surface area contributed by atoms with Gasteiger partial charge in [0.2, 0.25) is 5.13 Å². The molecule has 0 aliphatic carbocycles. The van der Waals surface area contributed by atoms with Crippen LogP contribution in [0, 0.1) is 11.3 Å². The summed E-state index contributed by atoms with van der Waals surface area (Å²) in [5, 5.41) is 13.5. The molecule has 1 fully saturated rings. The smallest absolute Gasteiger partial charge is 0.321 e. The van der Waals surface area contributed by atoms with Crippen LogP contribution in [0.3, 0.4) is 0 Å². The molecule has 2 heterocycles. The van der Waals surface area contributed by atoms with E-state index in [0.29, 0.717) is 42.3 Å². The van der Waals surface area contributed by atoms with E-state index in [9.17, 15) is 4.79 Å². The van der Waals surface area contributed by atoms with E-state index < -0.39 is 0 Å². The summed E-state index contributed by atoms with van der Waals surface area (Å²) in [5.41, 5.74) is 2.26. The van der Waals surface area contributed by atoms with E-state index >= 15 is 0 Å². The first kappa shape index (κ1) is 21.1. The maximum absolute atomic E-state index is 12.7. The molecule has 1 aromatic heterocycles. The van der Waals surface area contributed by atoms with E-state index in [0.717, 1.165) is 29.5 Å². The largest absolute Gasteiger partial charge is 0.345 e. The van der Waals surface area contributed by atoms with Gasteiger partial charge in [-0.1, -0.05) is 29.8 Å². The number of urea groups is 1. The van der Waals surface area contributed by atoms with Crippen molar-refractivity contribution in [3.05, 3.63) is 70.5 Å². The Labute approximate surface area is 190 Å². The topological polar surface area (TPSA) is 85.2 Å². The Kier molecular flexibility index (Phi) is 6.65. The number of nitrogens with zero attached hydrogens (tertiary/aromatic N) is 5. The number of nitriles is 1. The van der Waals surface area contributed by atoms with E-state index in [1.54, 1.807) is 29.2 Å². The minimum absolute atomic E-state index is 0.155. The maximum Gasteiger partial charge on any atom is 0.321 e. The molecule has 7 nitrogen and oxygen atoms in total. The van der Waals surface area contributed by atoms with Gasteiger partial charge in [0.25, 0.3) is 0 Å². The first-order valence-corrected chi connectivity index (χ1v) is 11.1. The lowest BCUT2D eigenvalue weighted by atomic mass is 10.1. The molecule has 0 unspecified atom stereocenters. The van der Waals surface area contributed by atoms with E-state index in [4.69, 9.17) is 21.8 Å². The third-order valence-electron chi connectivity index (χ3n) is 5.03. The third-order valence-corrected chi connectivity index (χ3v) is 6.10. The number of carbonyl (C=O) groups is 1. The molecule has 0 saturated carbocycles. The van der Waals surface area contributed by atoms with Crippen molar-refractivity contribution in [1.29, 1.82) is 5.26 Å². The van der Waals surface area contributed by atoms with Crippen LogP contribution in [-0.2, 0) is 6.42 Å². The number of rotatable bonds is 4. The number of aromatic nitrogens is 2. The highest BCUT2D eigenvalue weighted by Crippen LogP contribution is 2.21. The van der Waals surface area contributed by atoms with Gasteiger partial charge in [-0.25, -0.2) is 9.78 Å². The monoisotopic (exact) mass is 452 g/mol. The summed E-state index contributed by atoms with van der Waals surface area (Å²) in [7, 11) is 0. The fourth-order valence-corrected chi connectivity index (χ4v) is 4.27. The quantitative estimate of drug-likeness (QED) is 0.634. The predicted octanol–water partition coefficient (Wildman–Crippen LogP) is 4.40. The molecule has 1 N–H and O–H groups in total. The molecule has 3 aromatic rings. The summed E-state index contributed by atoms with van der Waals surface area (Å²) in [6, 6.07) is 16.6. The Bertz CT molecular complexity index is 1090. The van der Waals surface area contributed by atoms with Gasteiger partial charge < -0.3 is 15.1 Å². The number of amides is 2. The van der Waals surface area contributed by atoms with Gasteiger partial charge in [-0.3, -0.25) is 0 Å². The van der Waals surface area contributed by atoms with Crippen LogP contribution in [0.25, 0.3) is 0 Å². The Morgan fingerprint density at radius 3 is 2.81 bits per heavy atom. The summed E-state index contributed by atoms with van der Waals surface area (Å²) in [4.78, 5) is 21.4. The lowest BCUT2D eigenvalue weighted by Crippen LogP contribution is -2.38. The van der Waals surface area contributed by atoms with Gasteiger partial charge in [-0.15, -0.1) is 0 Å². The Balaban J connectivity index is 1.34. The summed E-state index contributed by atoms with van der Waals surface area (Å²) in [6.45, 7) is 2.77. The molecule has 0 radical (unpaired) electrons. The molecule has 158 valence electrons. The average molecular weight is 453 g/mol. The predicted molar refractivity (Wildman–Crippen MR) is 123 cm³/mol. The Morgan fingerprint density at radius 2 is 2.00 bits per heavy atom. The van der Waals surface area contributed by atoms with Crippen molar-refractivity contribution in [2.75, 3.05) is 36.4 Å². The van der Waals surface area contributed by atoms with E-state index in [1.165, 1.54) is 11.5 Å². The number of nitrogens with one attached hydrogen (secondary N) is 1. The van der Waals surface area contributed by atoms with Crippen molar-refractivity contribution in [2.24, 2.45) is 0 Å². The van der Waals surface area contributed by atoms with E-state index in [-0.39, 0.29) is 6.03 Å². The van der Waals surface area contributed by atoms with Crippen LogP contribution in [0.1, 0.15) is 23.4 Å². The normalized spacial score (nSPS) is 14.1. The molecule has 1 aliphatic heterocycles. The second-order valence-corrected chi connectivity index (χ2v) is 8.41. The van der Waals surface area contributed by atoms with Crippen LogP contribution in [-0.4, -0.2) is 46.5 Å². The molecule has 1 aliphatic rings. The summed E-state index contributed by atoms with van der Waals surface area (Å²) in [6.07, 6.45) is 1.51. The molecule has 31 heavy (non-hydrogen) atoms. The minimum Gasteiger partial charge on any atom is -0.345 e. The van der Waals surface area contributed by atoms with Crippen molar-refractivity contribution in [1.82, 2.24) is 14.3 Å². The SMILES string of the molecule is N#Cc1cccc(NC(=O)N2CCCN(c3nc(Cc4ccc(Cl)cc4)ns3)CC2)c1. The number of benzene rings is 2. The molecule has 9 heteroatoms. The van der Waals surface area contributed by atoms with E-state index in [1.807, 2.05) is 24.3 Å². The Morgan fingerprint density at radius 1 is 1.16 bits per heavy atom. The molecule has 0 atom stereocenters. The fourth-order valence-electron chi connectivity index (χ4n) is 3.41. The summed E-state index contributed by atoms with van der Waals surface area (Å²) < 4.78 is 4.50.